The molecular weight excluding hydrogens is 193 g/mol. The molecule has 0 saturated carbocycles. The predicted octanol–water partition coefficient (Wildman–Crippen LogP) is -4.69. The van der Waals surface area contributed by atoms with Gasteiger partial charge in [-0.25, -0.2) is 0 Å². The van der Waals surface area contributed by atoms with Gasteiger partial charge in [-0.2, -0.15) is 17.2 Å². The molecule has 66 valence electrons. The molecule has 0 aromatic heterocycles. The van der Waals surface area contributed by atoms with Crippen LogP contribution in [0.15, 0.2) is 0 Å². The van der Waals surface area contributed by atoms with Crippen molar-refractivity contribution in [2.75, 3.05) is 7.11 Å². The van der Waals surface area contributed by atoms with Gasteiger partial charge < -0.3 is 9.90 Å². The second-order valence-electron chi connectivity index (χ2n) is 1.43. The van der Waals surface area contributed by atoms with Crippen molar-refractivity contribution in [1.29, 1.82) is 0 Å². The van der Waals surface area contributed by atoms with Crippen molar-refractivity contribution in [1.82, 2.24) is 0 Å². The summed E-state index contributed by atoms with van der Waals surface area (Å²) in [7, 11) is -4.97. The minimum Gasteiger partial charge on any atom is -0.543 e. The van der Waals surface area contributed by atoms with Crippen LogP contribution in [0.1, 0.15) is 0 Å². The van der Waals surface area contributed by atoms with Gasteiger partial charge in [0.1, 0.15) is 5.97 Å². The fraction of sp³-hybridized carbons (Fsp3) is 0.667. The number of hydrogen-bond donors (Lipinski definition) is 0. The molecule has 12 heavy (non-hydrogen) atoms. The van der Waals surface area contributed by atoms with Gasteiger partial charge in [-0.15, -0.1) is 0 Å². The molecule has 0 N–H and O–H groups in total. The number of rotatable bonds is 3. The first-order valence-corrected chi connectivity index (χ1v) is 3.56. The molecule has 5 nitrogen and oxygen atoms in total. The molecule has 0 rings (SSSR count). The number of carbonyl (C=O) groups is 1. The third-order valence-electron chi connectivity index (χ3n) is 0.771. The van der Waals surface area contributed by atoms with E-state index < -0.39 is 21.3 Å². The van der Waals surface area contributed by atoms with Gasteiger partial charge in [-0.1, -0.05) is 0 Å². The molecular formula is C3H3F2LiO5S. The predicted molar refractivity (Wildman–Crippen MR) is 25.9 cm³/mol. The van der Waals surface area contributed by atoms with Crippen LogP contribution >= 0.6 is 0 Å². The van der Waals surface area contributed by atoms with Gasteiger partial charge in [0.05, 0.1) is 7.11 Å². The zero-order chi connectivity index (χ0) is 9.28. The van der Waals surface area contributed by atoms with E-state index in [4.69, 9.17) is 0 Å². The molecule has 0 amide bonds. The Morgan fingerprint density at radius 3 is 1.92 bits per heavy atom. The second-order valence-corrected chi connectivity index (χ2v) is 3.18. The summed E-state index contributed by atoms with van der Waals surface area (Å²) in [6.07, 6.45) is 0. The molecule has 0 atom stereocenters. The van der Waals surface area contributed by atoms with Gasteiger partial charge in [-0.3, -0.25) is 4.18 Å². The first-order valence-electron chi connectivity index (χ1n) is 2.15. The monoisotopic (exact) mass is 196 g/mol. The van der Waals surface area contributed by atoms with Crippen molar-refractivity contribution in [3.63, 3.8) is 0 Å². The summed E-state index contributed by atoms with van der Waals surface area (Å²) in [5.74, 6) is -3.01. The molecule has 0 fully saturated rings. The van der Waals surface area contributed by atoms with Gasteiger partial charge >= 0.3 is 34.2 Å². The Bertz CT molecular complexity index is 260. The standard InChI is InChI=1S/C3H4F2O5S.Li/c1-10-11(8,9)3(4,5)2(6)7;/h1H3,(H,6,7);/q;+1/p-1. The number of carboxylic acid groups (broad SMARTS) is 1. The fourth-order valence-electron chi connectivity index (χ4n) is 0.207. The number of aliphatic carboxylic acids is 1. The van der Waals surface area contributed by atoms with Crippen molar-refractivity contribution in [3.8, 4) is 0 Å². The first-order chi connectivity index (χ1) is 4.75. The molecule has 0 bridgehead atoms. The molecule has 0 aromatic carbocycles. The molecule has 0 aliphatic carbocycles. The third-order valence-corrected chi connectivity index (χ3v) is 2.00. The molecule has 0 aliphatic heterocycles. The minimum atomic E-state index is -5.39. The Hall–Kier alpha value is -0.163. The fourth-order valence-corrected chi connectivity index (χ4v) is 0.620. The molecule has 0 spiro atoms. The molecule has 0 unspecified atom stereocenters. The van der Waals surface area contributed by atoms with Crippen molar-refractivity contribution in [2.24, 2.45) is 0 Å². The smallest absolute Gasteiger partial charge is 0.543 e. The van der Waals surface area contributed by atoms with Crippen molar-refractivity contribution >= 4 is 16.1 Å². The topological polar surface area (TPSA) is 83.5 Å². The van der Waals surface area contributed by atoms with E-state index in [9.17, 15) is 27.1 Å². The Balaban J connectivity index is 0. The van der Waals surface area contributed by atoms with E-state index in [-0.39, 0.29) is 18.9 Å². The summed E-state index contributed by atoms with van der Waals surface area (Å²) in [5.41, 5.74) is 0. The number of hydrogen-bond acceptors (Lipinski definition) is 5. The maximum absolute atomic E-state index is 11.9. The Kier molecular flexibility index (Phi) is 5.01. The van der Waals surface area contributed by atoms with E-state index in [0.29, 0.717) is 7.11 Å². The maximum atomic E-state index is 11.9. The van der Waals surface area contributed by atoms with Crippen molar-refractivity contribution in [3.05, 3.63) is 0 Å². The third kappa shape index (κ3) is 2.41. The molecule has 0 heterocycles. The van der Waals surface area contributed by atoms with Crippen LogP contribution < -0.4 is 24.0 Å². The Morgan fingerprint density at radius 1 is 1.50 bits per heavy atom. The van der Waals surface area contributed by atoms with Gasteiger partial charge in [0.2, 0.25) is 0 Å². The van der Waals surface area contributed by atoms with Crippen LogP contribution in [0.4, 0.5) is 8.78 Å². The summed E-state index contributed by atoms with van der Waals surface area (Å²) in [6, 6.07) is 0. The van der Waals surface area contributed by atoms with Gasteiger partial charge in [0.15, 0.2) is 0 Å². The molecule has 0 aliphatic rings. The Morgan fingerprint density at radius 2 is 1.83 bits per heavy atom. The van der Waals surface area contributed by atoms with Crippen LogP contribution in [-0.2, 0) is 19.1 Å². The van der Waals surface area contributed by atoms with Gasteiger partial charge in [-0.05, 0) is 0 Å². The van der Waals surface area contributed by atoms with E-state index in [1.54, 1.807) is 0 Å². The summed E-state index contributed by atoms with van der Waals surface area (Å²) in [5, 5.41) is 4.51. The molecule has 0 saturated heterocycles. The largest absolute Gasteiger partial charge is 1.00 e. The van der Waals surface area contributed by atoms with E-state index >= 15 is 0 Å². The molecule has 0 radical (unpaired) electrons. The van der Waals surface area contributed by atoms with Crippen molar-refractivity contribution in [2.45, 2.75) is 5.25 Å². The zero-order valence-electron chi connectivity index (χ0n) is 6.21. The second kappa shape index (κ2) is 4.18. The van der Waals surface area contributed by atoms with Crippen LogP contribution in [0.25, 0.3) is 0 Å². The van der Waals surface area contributed by atoms with Crippen LogP contribution in [0.5, 0.6) is 0 Å². The van der Waals surface area contributed by atoms with Crippen LogP contribution in [0.3, 0.4) is 0 Å². The molecule has 9 heteroatoms. The maximum Gasteiger partial charge on any atom is 1.00 e. The quantitative estimate of drug-likeness (QED) is 0.334. The van der Waals surface area contributed by atoms with E-state index in [2.05, 4.69) is 4.18 Å². The van der Waals surface area contributed by atoms with E-state index in [0.717, 1.165) is 0 Å². The first kappa shape index (κ1) is 14.4. The van der Waals surface area contributed by atoms with E-state index in [1.807, 2.05) is 0 Å². The van der Waals surface area contributed by atoms with Crippen molar-refractivity contribution < 1.29 is 50.1 Å². The number of halogens is 2. The average Bonchev–Trinajstić information content (AvgIpc) is 1.87. The Labute approximate surface area is 79.0 Å². The summed E-state index contributed by atoms with van der Waals surface area (Å²) < 4.78 is 47.3. The zero-order valence-corrected chi connectivity index (χ0v) is 7.02. The summed E-state index contributed by atoms with van der Waals surface area (Å²) >= 11 is 0. The molecule has 0 aromatic rings. The number of alkyl halides is 2. The average molecular weight is 196 g/mol. The van der Waals surface area contributed by atoms with Crippen LogP contribution in [-0.4, -0.2) is 26.8 Å². The van der Waals surface area contributed by atoms with Crippen LogP contribution in [0, 0.1) is 0 Å². The van der Waals surface area contributed by atoms with E-state index in [1.165, 1.54) is 0 Å². The number of carbonyl (C=O) groups excluding carboxylic acids is 1. The SMILES string of the molecule is COS(=O)(=O)C(F)(F)C(=O)[O-].[Li+]. The summed E-state index contributed by atoms with van der Waals surface area (Å²) in [6.45, 7) is 0. The minimum absolute atomic E-state index is 0. The van der Waals surface area contributed by atoms with Gasteiger partial charge in [0, 0.05) is 0 Å². The number of carboxylic acids is 1. The van der Waals surface area contributed by atoms with Gasteiger partial charge in [0.25, 0.3) is 0 Å². The normalized spacial score (nSPS) is 11.9. The summed E-state index contributed by atoms with van der Waals surface area (Å²) in [4.78, 5) is 9.51. The van der Waals surface area contributed by atoms with Crippen LogP contribution in [0.2, 0.25) is 0 Å².